The molecule has 2 heterocycles. The average molecular weight is 300 g/mol. The third-order valence-electron chi connectivity index (χ3n) is 2.95. The number of nitrogens with one attached hydrogen (secondary N) is 2. The molecule has 21 heavy (non-hydrogen) atoms. The van der Waals surface area contributed by atoms with Crippen molar-refractivity contribution in [3.8, 4) is 0 Å². The first-order valence-electron chi connectivity index (χ1n) is 12.6. The van der Waals surface area contributed by atoms with Gasteiger partial charge in [-0.3, -0.25) is 0 Å². The summed E-state index contributed by atoms with van der Waals surface area (Å²) in [5.74, 6) is 0. The van der Waals surface area contributed by atoms with Crippen LogP contribution < -0.4 is 5.32 Å². The highest BCUT2D eigenvalue weighted by molar-refractivity contribution is 5.84. The molecule has 1 aromatic heterocycles. The molecule has 5 nitrogen and oxygen atoms in total. The Balaban J connectivity index is 2.09. The molecule has 0 saturated carbocycles. The number of rotatable bonds is 5. The molecule has 1 aliphatic heterocycles. The van der Waals surface area contributed by atoms with Crippen molar-refractivity contribution in [3.63, 3.8) is 0 Å². The van der Waals surface area contributed by atoms with Crippen molar-refractivity contribution in [3.05, 3.63) is 35.5 Å². The van der Waals surface area contributed by atoms with Gasteiger partial charge in [0.15, 0.2) is 0 Å². The molecule has 3 rings (SSSR count). The molecule has 112 valence electrons. The van der Waals surface area contributed by atoms with Crippen molar-refractivity contribution >= 4 is 17.0 Å². The second-order valence-electron chi connectivity index (χ2n) is 4.43. The van der Waals surface area contributed by atoms with Crippen LogP contribution in [0.5, 0.6) is 0 Å². The second-order valence-corrected chi connectivity index (χ2v) is 4.43. The van der Waals surface area contributed by atoms with Crippen LogP contribution in [0.2, 0.25) is 0 Å². The summed E-state index contributed by atoms with van der Waals surface area (Å²) < 4.78 is 107. The molecule has 1 fully saturated rings. The Morgan fingerprint density at radius 3 is 3.29 bits per heavy atom. The quantitative estimate of drug-likeness (QED) is 0.887. The van der Waals surface area contributed by atoms with Crippen LogP contribution in [0.1, 0.15) is 28.9 Å². The molecule has 1 atom stereocenters. The summed E-state index contributed by atoms with van der Waals surface area (Å²) in [4.78, 5) is 13.7. The summed E-state index contributed by atoms with van der Waals surface area (Å²) in [6, 6.07) is 2.03. The molecule has 1 aromatic carbocycles. The number of aromatic nitrogens is 1. The molecular formula is C16H21N3O2. The van der Waals surface area contributed by atoms with Crippen molar-refractivity contribution in [1.82, 2.24) is 15.2 Å². The lowest BCUT2D eigenvalue weighted by molar-refractivity contribution is 0.177. The SMILES string of the molecule is [2H]C([2H])([2H])N(C([2H])([2H])[2H])C([2H])([2H])C([2H])([2H])c1c[nH]c2ccc(C[C@]3([2H])NC(=O)OC3([2H])[2H])cc12. The summed E-state index contributed by atoms with van der Waals surface area (Å²) in [7, 11) is 0. The summed E-state index contributed by atoms with van der Waals surface area (Å²) in [5.41, 5.74) is 0.154. The Kier molecular flexibility index (Phi) is 1.46. The van der Waals surface area contributed by atoms with Gasteiger partial charge in [-0.15, -0.1) is 0 Å². The van der Waals surface area contributed by atoms with Gasteiger partial charge in [-0.05, 0) is 50.0 Å². The molecule has 5 heteroatoms. The number of hydrogen-bond acceptors (Lipinski definition) is 3. The van der Waals surface area contributed by atoms with E-state index < -0.39 is 56.8 Å². The van der Waals surface area contributed by atoms with E-state index in [1.54, 1.807) is 0 Å². The van der Waals surface area contributed by atoms with E-state index >= 15 is 0 Å². The number of carbonyl (C=O) groups excluding carboxylic acids is 1. The summed E-state index contributed by atoms with van der Waals surface area (Å²) >= 11 is 0. The predicted octanol–water partition coefficient (Wildman–Crippen LogP) is 1.92. The topological polar surface area (TPSA) is 57.4 Å². The van der Waals surface area contributed by atoms with Crippen molar-refractivity contribution < 1.29 is 27.4 Å². The number of likely N-dealkylation sites (N-methyl/N-ethyl adjacent to an activating group) is 1. The molecule has 1 amide bonds. The van der Waals surface area contributed by atoms with Gasteiger partial charge in [-0.1, -0.05) is 6.07 Å². The van der Waals surface area contributed by atoms with Gasteiger partial charge in [-0.2, -0.15) is 0 Å². The second kappa shape index (κ2) is 5.77. The van der Waals surface area contributed by atoms with E-state index in [2.05, 4.69) is 15.0 Å². The maximum absolute atomic E-state index is 11.5. The lowest BCUT2D eigenvalue weighted by Crippen LogP contribution is -2.28. The molecule has 2 N–H and O–H groups in total. The van der Waals surface area contributed by atoms with Crippen LogP contribution in [0.3, 0.4) is 0 Å². The number of benzene rings is 1. The van der Waals surface area contributed by atoms with Crippen LogP contribution in [0.4, 0.5) is 4.79 Å². The number of nitrogens with zero attached hydrogens (tertiary/aromatic N) is 1. The highest BCUT2D eigenvalue weighted by Crippen LogP contribution is 2.21. The van der Waals surface area contributed by atoms with Gasteiger partial charge in [-0.25, -0.2) is 4.79 Å². The minimum absolute atomic E-state index is 0.0526. The van der Waals surface area contributed by atoms with Gasteiger partial charge < -0.3 is 19.9 Å². The Bertz CT molecular complexity index is 1090. The maximum Gasteiger partial charge on any atom is 0.407 e. The van der Waals surface area contributed by atoms with E-state index in [0.29, 0.717) is 5.52 Å². The third kappa shape index (κ3) is 3.19. The fourth-order valence-corrected chi connectivity index (χ4v) is 2.06. The monoisotopic (exact) mass is 300 g/mol. The van der Waals surface area contributed by atoms with Crippen molar-refractivity contribution in [1.29, 1.82) is 0 Å². The number of alkyl carbamates (subject to hydrolysis) is 1. The van der Waals surface area contributed by atoms with Gasteiger partial charge in [0.25, 0.3) is 0 Å². The number of amides is 1. The van der Waals surface area contributed by atoms with Crippen LogP contribution in [-0.2, 0) is 17.5 Å². The predicted molar refractivity (Wildman–Crippen MR) is 82.5 cm³/mol. The average Bonchev–Trinajstić information content (AvgIpc) is 3.09. The Morgan fingerprint density at radius 2 is 2.52 bits per heavy atom. The molecular weight excluding hydrogens is 266 g/mol. The zero-order valence-electron chi connectivity index (χ0n) is 23.8. The first-order valence-corrected chi connectivity index (χ1v) is 6.06. The minimum Gasteiger partial charge on any atom is -0.447 e. The lowest BCUT2D eigenvalue weighted by Gasteiger charge is -2.09. The number of carbonyl (C=O) groups is 1. The van der Waals surface area contributed by atoms with Gasteiger partial charge in [0.05, 0.1) is 10.1 Å². The normalized spacial score (nSPS) is 35.9. The molecule has 1 aliphatic rings. The molecule has 0 unspecified atom stereocenters. The number of H-pyrrole nitrogens is 1. The van der Waals surface area contributed by atoms with E-state index in [1.807, 2.05) is 0 Å². The summed E-state index contributed by atoms with van der Waals surface area (Å²) in [6.45, 7) is -13.2. The van der Waals surface area contributed by atoms with E-state index in [9.17, 15) is 4.79 Å². The van der Waals surface area contributed by atoms with Gasteiger partial charge in [0.2, 0.25) is 0 Å². The Morgan fingerprint density at radius 1 is 1.62 bits per heavy atom. The van der Waals surface area contributed by atoms with Crippen molar-refractivity contribution in [2.24, 2.45) is 0 Å². The van der Waals surface area contributed by atoms with E-state index in [1.165, 1.54) is 18.2 Å². The molecule has 0 bridgehead atoms. The Labute approximate surface area is 142 Å². The number of hydrogen-bond donors (Lipinski definition) is 2. The summed E-state index contributed by atoms with van der Waals surface area (Å²) in [6.07, 6.45) is -3.61. The van der Waals surface area contributed by atoms with Crippen molar-refractivity contribution in [2.75, 3.05) is 27.0 Å². The van der Waals surface area contributed by atoms with Gasteiger partial charge in [0.1, 0.15) is 6.56 Å². The first kappa shape index (κ1) is 5.32. The number of aryl methyl sites for hydroxylation is 1. The molecule has 0 aliphatic carbocycles. The van der Waals surface area contributed by atoms with Gasteiger partial charge in [0, 0.05) is 37.3 Å². The maximum atomic E-state index is 11.5. The standard InChI is InChI=1S/C16H21N3O2/c1-19(2)6-5-12-9-17-15-4-3-11(8-14(12)15)7-13-10-21-16(20)18-13/h3-4,8-9,13,17H,5-7,10H2,1-2H3,(H,18,20)/t13-/m0/s1/i1D3,2D3,5D2,6D2,10D2,13D. The van der Waals surface area contributed by atoms with E-state index in [-0.39, 0.29) is 16.5 Å². The Hall–Kier alpha value is -2.01. The van der Waals surface area contributed by atoms with E-state index in [0.717, 1.165) is 6.20 Å². The zero-order valence-corrected chi connectivity index (χ0v) is 10.8. The highest BCUT2D eigenvalue weighted by Gasteiger charge is 2.22. The zero-order chi connectivity index (χ0) is 26.1. The molecule has 1 saturated heterocycles. The fraction of sp³-hybridized carbons (Fsp3) is 0.438. The number of ether oxygens (including phenoxy) is 1. The largest absolute Gasteiger partial charge is 0.447 e. The van der Waals surface area contributed by atoms with Crippen LogP contribution >= 0.6 is 0 Å². The van der Waals surface area contributed by atoms with Crippen LogP contribution in [0, 0.1) is 0 Å². The molecule has 2 aromatic rings. The van der Waals surface area contributed by atoms with Crippen LogP contribution in [0.25, 0.3) is 10.9 Å². The third-order valence-corrected chi connectivity index (χ3v) is 2.95. The van der Waals surface area contributed by atoms with Crippen LogP contribution in [-0.4, -0.2) is 49.0 Å². The summed E-state index contributed by atoms with van der Waals surface area (Å²) in [5, 5.41) is 2.14. The van der Waals surface area contributed by atoms with E-state index in [4.69, 9.17) is 17.8 Å². The number of cyclic esters (lactones) is 1. The van der Waals surface area contributed by atoms with Crippen molar-refractivity contribution in [2.45, 2.75) is 18.8 Å². The first-order chi connectivity index (χ1) is 15.1. The minimum atomic E-state index is -3.53. The van der Waals surface area contributed by atoms with Crippen LogP contribution in [0.15, 0.2) is 24.4 Å². The number of aromatic amines is 1. The molecule has 0 spiro atoms. The highest BCUT2D eigenvalue weighted by atomic mass is 16.6. The molecule has 0 radical (unpaired) electrons. The fourth-order valence-electron chi connectivity index (χ4n) is 2.06. The van der Waals surface area contributed by atoms with Gasteiger partial charge >= 0.3 is 6.09 Å². The smallest absolute Gasteiger partial charge is 0.407 e. The number of fused-ring (bicyclic) bond motifs is 1. The lowest BCUT2D eigenvalue weighted by atomic mass is 10.0.